The zero-order chi connectivity index (χ0) is 17.1. The maximum atomic E-state index is 13.4. The van der Waals surface area contributed by atoms with Crippen molar-refractivity contribution in [1.82, 2.24) is 4.90 Å². The maximum absolute atomic E-state index is 13.4. The number of amides is 1. The fourth-order valence-electron chi connectivity index (χ4n) is 3.29. The summed E-state index contributed by atoms with van der Waals surface area (Å²) in [6, 6.07) is 12.3. The standard InChI is InChI=1S/C20H22FNO2/c1-14-10-16(4-7-19(14)21)11-17-8-9-22(12-17)20(24)18-5-2-15(13-23)3-6-18/h2-7,10,17,23H,8-9,11-13H2,1H3. The molecule has 2 aromatic carbocycles. The van der Waals surface area contributed by atoms with E-state index >= 15 is 0 Å². The van der Waals surface area contributed by atoms with Crippen molar-refractivity contribution in [3.05, 3.63) is 70.5 Å². The second-order valence-corrected chi connectivity index (χ2v) is 6.55. The Hall–Kier alpha value is -2.20. The molecule has 1 unspecified atom stereocenters. The van der Waals surface area contributed by atoms with Crippen molar-refractivity contribution in [2.24, 2.45) is 5.92 Å². The lowest BCUT2D eigenvalue weighted by atomic mass is 9.97. The van der Waals surface area contributed by atoms with Gasteiger partial charge in [-0.3, -0.25) is 4.79 Å². The van der Waals surface area contributed by atoms with Crippen LogP contribution in [0.5, 0.6) is 0 Å². The van der Waals surface area contributed by atoms with Gasteiger partial charge in [0.2, 0.25) is 0 Å². The van der Waals surface area contributed by atoms with Gasteiger partial charge in [0, 0.05) is 18.7 Å². The molecule has 3 nitrogen and oxygen atoms in total. The summed E-state index contributed by atoms with van der Waals surface area (Å²) < 4.78 is 13.4. The number of aliphatic hydroxyl groups excluding tert-OH is 1. The van der Waals surface area contributed by atoms with Crippen LogP contribution in [0.4, 0.5) is 4.39 Å². The first-order valence-electron chi connectivity index (χ1n) is 8.31. The van der Waals surface area contributed by atoms with Crippen LogP contribution in [0.25, 0.3) is 0 Å². The van der Waals surface area contributed by atoms with Gasteiger partial charge in [-0.2, -0.15) is 0 Å². The summed E-state index contributed by atoms with van der Waals surface area (Å²) in [5.74, 6) is 0.279. The number of likely N-dealkylation sites (tertiary alicyclic amines) is 1. The summed E-state index contributed by atoms with van der Waals surface area (Å²) in [4.78, 5) is 14.4. The Kier molecular flexibility index (Phi) is 4.95. The number of carbonyl (C=O) groups is 1. The summed E-state index contributed by atoms with van der Waals surface area (Å²) in [5, 5.41) is 9.07. The normalized spacial score (nSPS) is 17.3. The number of aryl methyl sites for hydroxylation is 1. The van der Waals surface area contributed by atoms with Crippen LogP contribution in [0.2, 0.25) is 0 Å². The maximum Gasteiger partial charge on any atom is 0.253 e. The van der Waals surface area contributed by atoms with Gasteiger partial charge in [0.25, 0.3) is 5.91 Å². The molecule has 1 heterocycles. The third-order valence-corrected chi connectivity index (χ3v) is 4.70. The Morgan fingerprint density at radius 1 is 1.21 bits per heavy atom. The number of halogens is 1. The van der Waals surface area contributed by atoms with Gasteiger partial charge >= 0.3 is 0 Å². The van der Waals surface area contributed by atoms with Crippen LogP contribution >= 0.6 is 0 Å². The van der Waals surface area contributed by atoms with E-state index in [9.17, 15) is 9.18 Å². The predicted molar refractivity (Wildman–Crippen MR) is 91.2 cm³/mol. The van der Waals surface area contributed by atoms with Crippen LogP contribution in [0.15, 0.2) is 42.5 Å². The van der Waals surface area contributed by atoms with E-state index in [0.29, 0.717) is 17.0 Å². The van der Waals surface area contributed by atoms with Crippen molar-refractivity contribution >= 4 is 5.91 Å². The molecule has 0 bridgehead atoms. The van der Waals surface area contributed by atoms with E-state index in [1.807, 2.05) is 17.0 Å². The number of nitrogens with zero attached hydrogens (tertiary/aromatic N) is 1. The zero-order valence-electron chi connectivity index (χ0n) is 13.8. The smallest absolute Gasteiger partial charge is 0.253 e. The number of hydrogen-bond donors (Lipinski definition) is 1. The van der Waals surface area contributed by atoms with Gasteiger partial charge in [-0.15, -0.1) is 0 Å². The minimum atomic E-state index is -0.173. The van der Waals surface area contributed by atoms with Crippen LogP contribution in [0.1, 0.15) is 33.5 Å². The van der Waals surface area contributed by atoms with E-state index in [-0.39, 0.29) is 18.3 Å². The summed E-state index contributed by atoms with van der Waals surface area (Å²) in [6.07, 6.45) is 1.84. The second-order valence-electron chi connectivity index (χ2n) is 6.55. The van der Waals surface area contributed by atoms with Crippen molar-refractivity contribution in [3.8, 4) is 0 Å². The summed E-state index contributed by atoms with van der Waals surface area (Å²) in [5.41, 5.74) is 3.26. The van der Waals surface area contributed by atoms with Gasteiger partial charge in [0.1, 0.15) is 5.82 Å². The van der Waals surface area contributed by atoms with E-state index in [0.717, 1.165) is 37.1 Å². The number of aliphatic hydroxyl groups is 1. The Morgan fingerprint density at radius 2 is 1.92 bits per heavy atom. The van der Waals surface area contributed by atoms with Gasteiger partial charge < -0.3 is 10.0 Å². The minimum absolute atomic E-state index is 0.0165. The Labute approximate surface area is 141 Å². The highest BCUT2D eigenvalue weighted by Gasteiger charge is 2.27. The fraction of sp³-hybridized carbons (Fsp3) is 0.350. The minimum Gasteiger partial charge on any atom is -0.392 e. The molecular formula is C20H22FNO2. The second kappa shape index (κ2) is 7.14. The highest BCUT2D eigenvalue weighted by molar-refractivity contribution is 5.94. The number of carbonyl (C=O) groups excluding carboxylic acids is 1. The van der Waals surface area contributed by atoms with Crippen molar-refractivity contribution < 1.29 is 14.3 Å². The molecule has 0 aliphatic carbocycles. The number of hydrogen-bond acceptors (Lipinski definition) is 2. The molecule has 1 atom stereocenters. The van der Waals surface area contributed by atoms with E-state index < -0.39 is 0 Å². The van der Waals surface area contributed by atoms with Crippen molar-refractivity contribution in [2.45, 2.75) is 26.4 Å². The van der Waals surface area contributed by atoms with E-state index in [4.69, 9.17) is 5.11 Å². The highest BCUT2D eigenvalue weighted by atomic mass is 19.1. The lowest BCUT2D eigenvalue weighted by Gasteiger charge is -2.17. The molecule has 0 aromatic heterocycles. The van der Waals surface area contributed by atoms with Crippen molar-refractivity contribution in [1.29, 1.82) is 0 Å². The molecular weight excluding hydrogens is 305 g/mol. The van der Waals surface area contributed by atoms with Crippen LogP contribution in [0.3, 0.4) is 0 Å². The fourth-order valence-corrected chi connectivity index (χ4v) is 3.29. The number of rotatable bonds is 4. The molecule has 1 aliphatic heterocycles. The lowest BCUT2D eigenvalue weighted by Crippen LogP contribution is -2.28. The average Bonchev–Trinajstić information content (AvgIpc) is 3.06. The van der Waals surface area contributed by atoms with Gasteiger partial charge in [0.05, 0.1) is 6.61 Å². The van der Waals surface area contributed by atoms with Gasteiger partial charge in [-0.05, 0) is 60.6 Å². The van der Waals surface area contributed by atoms with E-state index in [2.05, 4.69) is 0 Å². The van der Waals surface area contributed by atoms with E-state index in [1.54, 1.807) is 31.2 Å². The molecule has 1 N–H and O–H groups in total. The molecule has 0 spiro atoms. The van der Waals surface area contributed by atoms with Gasteiger partial charge in [-0.1, -0.05) is 24.3 Å². The quantitative estimate of drug-likeness (QED) is 0.936. The lowest BCUT2D eigenvalue weighted by molar-refractivity contribution is 0.0787. The largest absolute Gasteiger partial charge is 0.392 e. The van der Waals surface area contributed by atoms with Crippen molar-refractivity contribution in [3.63, 3.8) is 0 Å². The molecule has 0 saturated carbocycles. The molecule has 3 rings (SSSR count). The first kappa shape index (κ1) is 16.7. The first-order valence-corrected chi connectivity index (χ1v) is 8.31. The third-order valence-electron chi connectivity index (χ3n) is 4.70. The predicted octanol–water partition coefficient (Wildman–Crippen LogP) is 3.33. The monoisotopic (exact) mass is 327 g/mol. The SMILES string of the molecule is Cc1cc(CC2CCN(C(=O)c3ccc(CO)cc3)C2)ccc1F. The highest BCUT2D eigenvalue weighted by Crippen LogP contribution is 2.23. The number of benzene rings is 2. The van der Waals surface area contributed by atoms with Crippen LogP contribution < -0.4 is 0 Å². The molecule has 1 saturated heterocycles. The third kappa shape index (κ3) is 3.65. The van der Waals surface area contributed by atoms with Crippen LogP contribution in [-0.2, 0) is 13.0 Å². The Bertz CT molecular complexity index is 727. The molecule has 0 radical (unpaired) electrons. The van der Waals surface area contributed by atoms with Gasteiger partial charge in [-0.25, -0.2) is 4.39 Å². The van der Waals surface area contributed by atoms with E-state index in [1.165, 1.54) is 6.07 Å². The molecule has 24 heavy (non-hydrogen) atoms. The average molecular weight is 327 g/mol. The topological polar surface area (TPSA) is 40.5 Å². The van der Waals surface area contributed by atoms with Gasteiger partial charge in [0.15, 0.2) is 0 Å². The Balaban J connectivity index is 1.61. The zero-order valence-corrected chi connectivity index (χ0v) is 13.8. The molecule has 1 fully saturated rings. The van der Waals surface area contributed by atoms with Crippen molar-refractivity contribution in [2.75, 3.05) is 13.1 Å². The van der Waals surface area contributed by atoms with Crippen LogP contribution in [0, 0.1) is 18.7 Å². The summed E-state index contributed by atoms with van der Waals surface area (Å²) >= 11 is 0. The first-order chi connectivity index (χ1) is 11.6. The summed E-state index contributed by atoms with van der Waals surface area (Å²) in [7, 11) is 0. The summed E-state index contributed by atoms with van der Waals surface area (Å²) in [6.45, 7) is 3.25. The molecule has 1 amide bonds. The van der Waals surface area contributed by atoms with Crippen LogP contribution in [-0.4, -0.2) is 29.0 Å². The molecule has 2 aromatic rings. The Morgan fingerprint density at radius 3 is 2.58 bits per heavy atom. The molecule has 4 heteroatoms. The molecule has 126 valence electrons. The molecule has 1 aliphatic rings.